The number of nitrogens with two attached hydrogens (primary N) is 1. The van der Waals surface area contributed by atoms with Gasteiger partial charge in [-0.1, -0.05) is 30.5 Å². The van der Waals surface area contributed by atoms with Gasteiger partial charge in [0.05, 0.1) is 0 Å². The molecule has 1 saturated carbocycles. The summed E-state index contributed by atoms with van der Waals surface area (Å²) in [7, 11) is 1.83. The molecule has 0 radical (unpaired) electrons. The van der Waals surface area contributed by atoms with Crippen molar-refractivity contribution in [2.75, 3.05) is 13.6 Å². The first-order valence-electron chi connectivity index (χ1n) is 6.76. The largest absolute Gasteiger partial charge is 0.332 e. The van der Waals surface area contributed by atoms with Crippen LogP contribution >= 0.6 is 0 Å². The van der Waals surface area contributed by atoms with Gasteiger partial charge in [-0.3, -0.25) is 4.79 Å². The molecule has 0 spiro atoms. The Bertz CT molecular complexity index is 486. The Morgan fingerprint density at radius 2 is 2.11 bits per heavy atom. The van der Waals surface area contributed by atoms with E-state index in [2.05, 4.69) is 11.8 Å². The molecule has 1 amide bonds. The zero-order valence-electron chi connectivity index (χ0n) is 11.3. The molecule has 100 valence electrons. The van der Waals surface area contributed by atoms with E-state index in [0.29, 0.717) is 12.5 Å². The second-order valence-electron chi connectivity index (χ2n) is 5.03. The Kier molecular flexibility index (Phi) is 4.59. The molecule has 3 heteroatoms. The molecule has 0 saturated heterocycles. The third-order valence-electron chi connectivity index (χ3n) is 3.83. The maximum absolute atomic E-state index is 12.1. The number of carbonyl (C=O) groups is 1. The van der Waals surface area contributed by atoms with Gasteiger partial charge in [-0.2, -0.15) is 0 Å². The topological polar surface area (TPSA) is 46.3 Å². The quantitative estimate of drug-likeness (QED) is 0.817. The van der Waals surface area contributed by atoms with Crippen molar-refractivity contribution in [3.8, 4) is 11.8 Å². The van der Waals surface area contributed by atoms with Crippen molar-refractivity contribution in [3.63, 3.8) is 0 Å². The van der Waals surface area contributed by atoms with E-state index in [4.69, 9.17) is 5.73 Å². The van der Waals surface area contributed by atoms with E-state index >= 15 is 0 Å². The molecule has 2 N–H and O–H groups in total. The lowest BCUT2D eigenvalue weighted by molar-refractivity contribution is -0.126. The summed E-state index contributed by atoms with van der Waals surface area (Å²) < 4.78 is 0. The summed E-state index contributed by atoms with van der Waals surface area (Å²) in [5, 5.41) is 0. The molecule has 0 aliphatic heterocycles. The molecule has 1 aromatic rings. The van der Waals surface area contributed by atoms with Crippen molar-refractivity contribution in [3.05, 3.63) is 35.9 Å². The molecule has 1 aliphatic carbocycles. The smallest absolute Gasteiger partial charge is 0.298 e. The van der Waals surface area contributed by atoms with Gasteiger partial charge >= 0.3 is 0 Å². The molecule has 1 aromatic carbocycles. The third-order valence-corrected chi connectivity index (χ3v) is 3.83. The predicted octanol–water partition coefficient (Wildman–Crippen LogP) is 1.62. The second-order valence-corrected chi connectivity index (χ2v) is 5.03. The molecule has 0 bridgehead atoms. The average Bonchev–Trinajstić information content (AvgIpc) is 2.93. The maximum atomic E-state index is 12.1. The van der Waals surface area contributed by atoms with Crippen molar-refractivity contribution < 1.29 is 4.79 Å². The highest BCUT2D eigenvalue weighted by molar-refractivity contribution is 5.94. The normalized spacial score (nSPS) is 21.6. The van der Waals surface area contributed by atoms with Crippen molar-refractivity contribution in [1.29, 1.82) is 0 Å². The maximum Gasteiger partial charge on any atom is 0.298 e. The molecule has 2 atom stereocenters. The van der Waals surface area contributed by atoms with Crippen LogP contribution in [0.25, 0.3) is 0 Å². The first-order valence-corrected chi connectivity index (χ1v) is 6.76. The molecule has 0 aromatic heterocycles. The van der Waals surface area contributed by atoms with Crippen LogP contribution in [0.3, 0.4) is 0 Å². The number of benzene rings is 1. The van der Waals surface area contributed by atoms with Crippen LogP contribution in [0.1, 0.15) is 24.8 Å². The molecule has 0 heterocycles. The minimum atomic E-state index is -0.116. The van der Waals surface area contributed by atoms with Gasteiger partial charge in [0.15, 0.2) is 0 Å². The summed E-state index contributed by atoms with van der Waals surface area (Å²) in [6.07, 6.45) is 3.30. The molecule has 19 heavy (non-hydrogen) atoms. The van der Waals surface area contributed by atoms with Crippen molar-refractivity contribution in [2.45, 2.75) is 25.3 Å². The Morgan fingerprint density at radius 1 is 1.37 bits per heavy atom. The number of carbonyl (C=O) groups excluding carboxylic acids is 1. The van der Waals surface area contributed by atoms with Crippen LogP contribution in [0.4, 0.5) is 0 Å². The SMILES string of the molecule is CN(C(=O)C#Cc1ccccc1)C1CCCC1CN. The van der Waals surface area contributed by atoms with Gasteiger partial charge < -0.3 is 10.6 Å². The van der Waals surface area contributed by atoms with Gasteiger partial charge in [0.25, 0.3) is 5.91 Å². The summed E-state index contributed by atoms with van der Waals surface area (Å²) in [6.45, 7) is 0.647. The van der Waals surface area contributed by atoms with E-state index < -0.39 is 0 Å². The van der Waals surface area contributed by atoms with Gasteiger partial charge in [-0.15, -0.1) is 0 Å². The van der Waals surface area contributed by atoms with E-state index in [9.17, 15) is 4.79 Å². The van der Waals surface area contributed by atoms with Crippen LogP contribution in [-0.2, 0) is 4.79 Å². The highest BCUT2D eigenvalue weighted by Crippen LogP contribution is 2.28. The van der Waals surface area contributed by atoms with Crippen LogP contribution in [0.15, 0.2) is 30.3 Å². The van der Waals surface area contributed by atoms with Crippen molar-refractivity contribution >= 4 is 5.91 Å². The minimum Gasteiger partial charge on any atom is -0.332 e. The van der Waals surface area contributed by atoms with E-state index in [1.807, 2.05) is 37.4 Å². The summed E-state index contributed by atoms with van der Waals surface area (Å²) >= 11 is 0. The van der Waals surface area contributed by atoms with E-state index in [-0.39, 0.29) is 11.9 Å². The lowest BCUT2D eigenvalue weighted by Crippen LogP contribution is -2.40. The van der Waals surface area contributed by atoms with E-state index in [0.717, 1.165) is 24.8 Å². The monoisotopic (exact) mass is 256 g/mol. The van der Waals surface area contributed by atoms with Gasteiger partial charge in [-0.25, -0.2) is 0 Å². The third kappa shape index (κ3) is 3.36. The predicted molar refractivity (Wildman–Crippen MR) is 76.3 cm³/mol. The molecule has 3 nitrogen and oxygen atoms in total. The van der Waals surface area contributed by atoms with Crippen molar-refractivity contribution in [1.82, 2.24) is 4.90 Å². The van der Waals surface area contributed by atoms with Crippen LogP contribution < -0.4 is 5.73 Å². The van der Waals surface area contributed by atoms with Crippen LogP contribution in [-0.4, -0.2) is 30.4 Å². The van der Waals surface area contributed by atoms with Gasteiger partial charge in [-0.05, 0) is 37.4 Å². The molecule has 1 fully saturated rings. The fraction of sp³-hybridized carbons (Fsp3) is 0.438. The zero-order valence-corrected chi connectivity index (χ0v) is 11.3. The van der Waals surface area contributed by atoms with Crippen LogP contribution in [0.5, 0.6) is 0 Å². The fourth-order valence-electron chi connectivity index (χ4n) is 2.69. The number of hydrogen-bond acceptors (Lipinski definition) is 2. The fourth-order valence-corrected chi connectivity index (χ4v) is 2.69. The standard InChI is InChI=1S/C16H20N2O/c1-18(15-9-5-8-14(15)12-17)16(19)11-10-13-6-3-2-4-7-13/h2-4,6-7,14-15H,5,8-9,12,17H2,1H3. The van der Waals surface area contributed by atoms with Crippen molar-refractivity contribution in [2.24, 2.45) is 11.7 Å². The summed E-state index contributed by atoms with van der Waals surface area (Å²) in [6, 6.07) is 9.82. The highest BCUT2D eigenvalue weighted by Gasteiger charge is 2.31. The Morgan fingerprint density at radius 3 is 2.79 bits per heavy atom. The second kappa shape index (κ2) is 6.40. The summed E-state index contributed by atoms with van der Waals surface area (Å²) in [5.41, 5.74) is 6.62. The van der Waals surface area contributed by atoms with E-state index in [1.54, 1.807) is 4.90 Å². The molecular weight excluding hydrogens is 236 g/mol. The minimum absolute atomic E-state index is 0.116. The first-order chi connectivity index (χ1) is 9.22. The van der Waals surface area contributed by atoms with Gasteiger partial charge in [0.1, 0.15) is 0 Å². The van der Waals surface area contributed by atoms with Crippen LogP contribution in [0, 0.1) is 17.8 Å². The number of hydrogen-bond donors (Lipinski definition) is 1. The van der Waals surface area contributed by atoms with E-state index in [1.165, 1.54) is 0 Å². The molecule has 2 unspecified atom stereocenters. The average molecular weight is 256 g/mol. The Hall–Kier alpha value is -1.79. The lowest BCUT2D eigenvalue weighted by atomic mass is 10.0. The van der Waals surface area contributed by atoms with Crippen LogP contribution in [0.2, 0.25) is 0 Å². The Balaban J connectivity index is 2.02. The highest BCUT2D eigenvalue weighted by atomic mass is 16.2. The number of nitrogens with zero attached hydrogens (tertiary/aromatic N) is 1. The number of rotatable bonds is 2. The molecular formula is C16H20N2O. The Labute approximate surface area is 114 Å². The molecule has 1 aliphatic rings. The zero-order chi connectivity index (χ0) is 13.7. The van der Waals surface area contributed by atoms with Gasteiger partial charge in [0, 0.05) is 24.6 Å². The lowest BCUT2D eigenvalue weighted by Gasteiger charge is -2.27. The number of amides is 1. The van der Waals surface area contributed by atoms with Gasteiger partial charge in [0.2, 0.25) is 0 Å². The summed E-state index contributed by atoms with van der Waals surface area (Å²) in [4.78, 5) is 13.8. The summed E-state index contributed by atoms with van der Waals surface area (Å²) in [5.74, 6) is 5.93. The first kappa shape index (κ1) is 13.6. The molecule has 2 rings (SSSR count).